The second-order valence-electron chi connectivity index (χ2n) is 2.90. The Hall–Kier alpha value is -2.25. The van der Waals surface area contributed by atoms with E-state index in [4.69, 9.17) is 0 Å². The first-order chi connectivity index (χ1) is 7.95. The standard InChI is InChI=1S/C9H8F2N2O4/c1-12-8(14)5-2-3-6(13(15)16)7(4-5)17-9(10)11/h2-4,9H,1H3,(H,12,14). The van der Waals surface area contributed by atoms with Gasteiger partial charge in [0.2, 0.25) is 5.75 Å². The number of carbonyl (C=O) groups is 1. The molecule has 0 aliphatic heterocycles. The third-order valence-electron chi connectivity index (χ3n) is 1.86. The molecule has 1 amide bonds. The van der Waals surface area contributed by atoms with Crippen LogP contribution in [-0.2, 0) is 0 Å². The molecule has 0 saturated carbocycles. The van der Waals surface area contributed by atoms with Crippen LogP contribution in [0.15, 0.2) is 18.2 Å². The van der Waals surface area contributed by atoms with Gasteiger partial charge in [0.25, 0.3) is 5.91 Å². The van der Waals surface area contributed by atoms with Crippen molar-refractivity contribution in [1.29, 1.82) is 0 Å². The number of hydrogen-bond acceptors (Lipinski definition) is 4. The number of carbonyl (C=O) groups excluding carboxylic acids is 1. The Morgan fingerprint density at radius 1 is 1.53 bits per heavy atom. The molecule has 0 fully saturated rings. The van der Waals surface area contributed by atoms with Gasteiger partial charge in [-0.25, -0.2) is 0 Å². The van der Waals surface area contributed by atoms with E-state index in [0.29, 0.717) is 0 Å². The highest BCUT2D eigenvalue weighted by atomic mass is 19.3. The van der Waals surface area contributed by atoms with Crippen LogP contribution in [0.3, 0.4) is 0 Å². The van der Waals surface area contributed by atoms with Crippen molar-refractivity contribution in [3.05, 3.63) is 33.9 Å². The van der Waals surface area contributed by atoms with Gasteiger partial charge in [-0.15, -0.1) is 0 Å². The Bertz CT molecular complexity index is 451. The highest BCUT2D eigenvalue weighted by molar-refractivity contribution is 5.94. The molecule has 92 valence electrons. The van der Waals surface area contributed by atoms with Gasteiger partial charge < -0.3 is 10.1 Å². The molecular weight excluding hydrogens is 238 g/mol. The fourth-order valence-corrected chi connectivity index (χ4v) is 1.14. The lowest BCUT2D eigenvalue weighted by atomic mass is 10.2. The van der Waals surface area contributed by atoms with Crippen molar-refractivity contribution in [2.24, 2.45) is 0 Å². The predicted octanol–water partition coefficient (Wildman–Crippen LogP) is 1.56. The van der Waals surface area contributed by atoms with E-state index in [9.17, 15) is 23.7 Å². The predicted molar refractivity (Wildman–Crippen MR) is 53.1 cm³/mol. The Morgan fingerprint density at radius 2 is 2.18 bits per heavy atom. The molecule has 6 nitrogen and oxygen atoms in total. The van der Waals surface area contributed by atoms with Crippen molar-refractivity contribution >= 4 is 11.6 Å². The zero-order valence-corrected chi connectivity index (χ0v) is 8.65. The summed E-state index contributed by atoms with van der Waals surface area (Å²) < 4.78 is 28.1. The summed E-state index contributed by atoms with van der Waals surface area (Å²) in [4.78, 5) is 20.9. The SMILES string of the molecule is CNC(=O)c1ccc([N+](=O)[O-])c(OC(F)F)c1. The summed E-state index contributed by atoms with van der Waals surface area (Å²) in [5, 5.41) is 12.8. The van der Waals surface area contributed by atoms with Gasteiger partial charge in [-0.1, -0.05) is 0 Å². The van der Waals surface area contributed by atoms with Gasteiger partial charge in [0.15, 0.2) is 0 Å². The van der Waals surface area contributed by atoms with Crippen LogP contribution in [0.5, 0.6) is 5.75 Å². The summed E-state index contributed by atoms with van der Waals surface area (Å²) >= 11 is 0. The van der Waals surface area contributed by atoms with Gasteiger partial charge in [-0.2, -0.15) is 8.78 Å². The highest BCUT2D eigenvalue weighted by Crippen LogP contribution is 2.29. The van der Waals surface area contributed by atoms with Crippen LogP contribution < -0.4 is 10.1 Å². The topological polar surface area (TPSA) is 81.5 Å². The minimum Gasteiger partial charge on any atom is -0.427 e. The van der Waals surface area contributed by atoms with Crippen LogP contribution in [-0.4, -0.2) is 24.5 Å². The molecule has 17 heavy (non-hydrogen) atoms. The first-order valence-corrected chi connectivity index (χ1v) is 4.41. The fourth-order valence-electron chi connectivity index (χ4n) is 1.14. The normalized spacial score (nSPS) is 10.1. The van der Waals surface area contributed by atoms with Gasteiger partial charge in [0, 0.05) is 24.7 Å². The minimum absolute atomic E-state index is 0.00579. The largest absolute Gasteiger partial charge is 0.427 e. The number of nitrogens with one attached hydrogen (secondary N) is 1. The van der Waals surface area contributed by atoms with E-state index < -0.39 is 28.9 Å². The molecule has 0 radical (unpaired) electrons. The number of nitro benzene ring substituents is 1. The average molecular weight is 246 g/mol. The van der Waals surface area contributed by atoms with E-state index in [1.807, 2.05) is 0 Å². The van der Waals surface area contributed by atoms with Crippen molar-refractivity contribution < 1.29 is 23.2 Å². The molecule has 0 bridgehead atoms. The molecule has 1 aromatic rings. The third-order valence-corrected chi connectivity index (χ3v) is 1.86. The Labute approximate surface area is 94.3 Å². The van der Waals surface area contributed by atoms with Gasteiger partial charge in [-0.05, 0) is 6.07 Å². The number of nitrogens with zero attached hydrogens (tertiary/aromatic N) is 1. The Balaban J connectivity index is 3.18. The molecule has 0 aliphatic carbocycles. The monoisotopic (exact) mass is 246 g/mol. The lowest BCUT2D eigenvalue weighted by Gasteiger charge is -2.06. The molecule has 1 N–H and O–H groups in total. The van der Waals surface area contributed by atoms with Crippen molar-refractivity contribution in [2.75, 3.05) is 7.05 Å². The van der Waals surface area contributed by atoms with Gasteiger partial charge in [0.05, 0.1) is 4.92 Å². The Morgan fingerprint density at radius 3 is 2.65 bits per heavy atom. The van der Waals surface area contributed by atoms with Crippen LogP contribution in [0.2, 0.25) is 0 Å². The zero-order valence-electron chi connectivity index (χ0n) is 8.65. The number of benzene rings is 1. The highest BCUT2D eigenvalue weighted by Gasteiger charge is 2.20. The Kier molecular flexibility index (Phi) is 3.91. The summed E-state index contributed by atoms with van der Waals surface area (Å²) in [6, 6.07) is 2.97. The van der Waals surface area contributed by atoms with Crippen molar-refractivity contribution in [3.63, 3.8) is 0 Å². The van der Waals surface area contributed by atoms with Crippen molar-refractivity contribution in [2.45, 2.75) is 6.61 Å². The van der Waals surface area contributed by atoms with E-state index in [-0.39, 0.29) is 5.56 Å². The number of rotatable bonds is 4. The number of ether oxygens (including phenoxy) is 1. The van der Waals surface area contributed by atoms with E-state index >= 15 is 0 Å². The summed E-state index contributed by atoms with van der Waals surface area (Å²) in [6.07, 6.45) is 0. The number of amides is 1. The molecule has 0 saturated heterocycles. The van der Waals surface area contributed by atoms with Crippen molar-refractivity contribution in [1.82, 2.24) is 5.32 Å². The average Bonchev–Trinajstić information content (AvgIpc) is 2.26. The maximum atomic E-state index is 12.0. The summed E-state index contributed by atoms with van der Waals surface area (Å²) in [5.41, 5.74) is -0.633. The van der Waals surface area contributed by atoms with Crippen LogP contribution in [0.1, 0.15) is 10.4 Å². The molecule has 1 rings (SSSR count). The molecular formula is C9H8F2N2O4. The molecule has 0 unspecified atom stereocenters. The maximum absolute atomic E-state index is 12.0. The van der Waals surface area contributed by atoms with Crippen LogP contribution in [0, 0.1) is 10.1 Å². The molecule has 0 aromatic heterocycles. The number of nitro groups is 1. The summed E-state index contributed by atoms with van der Waals surface area (Å²) in [5.74, 6) is -1.20. The molecule has 0 atom stereocenters. The number of hydrogen-bond donors (Lipinski definition) is 1. The van der Waals surface area contributed by atoms with E-state index in [0.717, 1.165) is 18.2 Å². The van der Waals surface area contributed by atoms with E-state index in [1.165, 1.54) is 7.05 Å². The maximum Gasteiger partial charge on any atom is 0.387 e. The molecule has 1 aromatic carbocycles. The van der Waals surface area contributed by atoms with Gasteiger partial charge in [-0.3, -0.25) is 14.9 Å². The molecule has 0 spiro atoms. The second kappa shape index (κ2) is 5.19. The number of alkyl halides is 2. The lowest BCUT2D eigenvalue weighted by molar-refractivity contribution is -0.386. The van der Waals surface area contributed by atoms with Crippen LogP contribution >= 0.6 is 0 Å². The van der Waals surface area contributed by atoms with Crippen LogP contribution in [0.25, 0.3) is 0 Å². The number of halogens is 2. The van der Waals surface area contributed by atoms with Crippen molar-refractivity contribution in [3.8, 4) is 5.75 Å². The quantitative estimate of drug-likeness (QED) is 0.645. The van der Waals surface area contributed by atoms with E-state index in [1.54, 1.807) is 0 Å². The zero-order chi connectivity index (χ0) is 13.0. The summed E-state index contributed by atoms with van der Waals surface area (Å²) in [7, 11) is 1.34. The fraction of sp³-hybridized carbons (Fsp3) is 0.222. The lowest BCUT2D eigenvalue weighted by Crippen LogP contribution is -2.18. The second-order valence-corrected chi connectivity index (χ2v) is 2.90. The molecule has 0 heterocycles. The summed E-state index contributed by atoms with van der Waals surface area (Å²) in [6.45, 7) is -3.20. The first-order valence-electron chi connectivity index (χ1n) is 4.41. The van der Waals surface area contributed by atoms with Gasteiger partial charge in [0.1, 0.15) is 0 Å². The first kappa shape index (κ1) is 12.8. The third kappa shape index (κ3) is 3.10. The molecule has 8 heteroatoms. The van der Waals surface area contributed by atoms with Crippen LogP contribution in [0.4, 0.5) is 14.5 Å². The molecule has 0 aliphatic rings. The van der Waals surface area contributed by atoms with Gasteiger partial charge >= 0.3 is 12.3 Å². The smallest absolute Gasteiger partial charge is 0.387 e. The minimum atomic E-state index is -3.20. The van der Waals surface area contributed by atoms with E-state index in [2.05, 4.69) is 10.1 Å².